The lowest BCUT2D eigenvalue weighted by Crippen LogP contribution is -2.57. The van der Waals surface area contributed by atoms with Crippen molar-refractivity contribution in [3.05, 3.63) is 0 Å². The highest BCUT2D eigenvalue weighted by molar-refractivity contribution is 5.82. The molecule has 4 aliphatic rings. The zero-order valence-corrected chi connectivity index (χ0v) is 8.68. The van der Waals surface area contributed by atoms with Crippen molar-refractivity contribution in [1.29, 1.82) is 0 Å². The Morgan fingerprint density at radius 1 is 1.50 bits per heavy atom. The molecule has 2 saturated heterocycles. The topological polar surface area (TPSA) is 41.1 Å². The van der Waals surface area contributed by atoms with Crippen molar-refractivity contribution in [3.8, 4) is 0 Å². The minimum atomic E-state index is 0.131. The molecule has 14 heavy (non-hydrogen) atoms. The smallest absolute Gasteiger partial charge is 0.225 e. The van der Waals surface area contributed by atoms with Crippen LogP contribution in [0.2, 0.25) is 0 Å². The van der Waals surface area contributed by atoms with Crippen LogP contribution in [0.3, 0.4) is 0 Å². The van der Waals surface area contributed by atoms with E-state index in [1.807, 2.05) is 0 Å². The van der Waals surface area contributed by atoms with Gasteiger partial charge in [-0.05, 0) is 45.1 Å². The fourth-order valence-electron chi connectivity index (χ4n) is 3.09. The molecule has 3 heteroatoms. The summed E-state index contributed by atoms with van der Waals surface area (Å²) < 4.78 is 0. The molecule has 2 aliphatic carbocycles. The second-order valence-electron chi connectivity index (χ2n) is 5.44. The van der Waals surface area contributed by atoms with Crippen LogP contribution in [0.25, 0.3) is 0 Å². The highest BCUT2D eigenvalue weighted by Gasteiger charge is 2.51. The lowest BCUT2D eigenvalue weighted by atomic mass is 9.72. The summed E-state index contributed by atoms with van der Waals surface area (Å²) in [6.07, 6.45) is 4.81. The van der Waals surface area contributed by atoms with Gasteiger partial charge in [0.1, 0.15) is 0 Å². The van der Waals surface area contributed by atoms with Gasteiger partial charge in [0.2, 0.25) is 5.91 Å². The SMILES string of the molecule is CC1(NC(=O)C2C3CNC2C3)CCC1. The summed E-state index contributed by atoms with van der Waals surface area (Å²) >= 11 is 0. The van der Waals surface area contributed by atoms with E-state index in [0.29, 0.717) is 17.9 Å². The molecule has 78 valence electrons. The van der Waals surface area contributed by atoms with Crippen LogP contribution in [-0.2, 0) is 4.79 Å². The van der Waals surface area contributed by atoms with Crippen LogP contribution in [-0.4, -0.2) is 24.0 Å². The van der Waals surface area contributed by atoms with Gasteiger partial charge >= 0.3 is 0 Å². The number of carbonyl (C=O) groups is 1. The molecule has 0 aromatic rings. The molecule has 3 unspecified atom stereocenters. The van der Waals surface area contributed by atoms with Gasteiger partial charge in [0.05, 0.1) is 5.92 Å². The Bertz CT molecular complexity index is 258. The summed E-state index contributed by atoms with van der Waals surface area (Å²) in [6.45, 7) is 3.22. The second kappa shape index (κ2) is 2.72. The van der Waals surface area contributed by atoms with Gasteiger partial charge in [0.25, 0.3) is 0 Å². The largest absolute Gasteiger partial charge is 0.351 e. The molecule has 1 amide bonds. The van der Waals surface area contributed by atoms with Crippen LogP contribution < -0.4 is 10.6 Å². The van der Waals surface area contributed by atoms with Gasteiger partial charge < -0.3 is 10.6 Å². The molecule has 2 N–H and O–H groups in total. The number of carbonyl (C=O) groups excluding carboxylic acids is 1. The van der Waals surface area contributed by atoms with Crippen LogP contribution in [0.4, 0.5) is 0 Å². The summed E-state index contributed by atoms with van der Waals surface area (Å²) in [4.78, 5) is 11.9. The molecule has 0 radical (unpaired) electrons. The zero-order chi connectivity index (χ0) is 9.76. The Morgan fingerprint density at radius 2 is 2.29 bits per heavy atom. The first-order valence-corrected chi connectivity index (χ1v) is 5.73. The Morgan fingerprint density at radius 3 is 2.71 bits per heavy atom. The third kappa shape index (κ3) is 1.11. The number of nitrogens with one attached hydrogen (secondary N) is 2. The van der Waals surface area contributed by atoms with E-state index in [9.17, 15) is 4.79 Å². The molecule has 4 fully saturated rings. The number of hydrogen-bond donors (Lipinski definition) is 2. The summed E-state index contributed by atoms with van der Waals surface area (Å²) in [7, 11) is 0. The van der Waals surface area contributed by atoms with Gasteiger partial charge in [-0.25, -0.2) is 0 Å². The first kappa shape index (κ1) is 8.72. The third-order valence-corrected chi connectivity index (χ3v) is 4.33. The van der Waals surface area contributed by atoms with Gasteiger partial charge in [-0.1, -0.05) is 0 Å². The molecule has 2 bridgehead atoms. The van der Waals surface area contributed by atoms with Crippen LogP contribution in [0.5, 0.6) is 0 Å². The third-order valence-electron chi connectivity index (χ3n) is 4.33. The average Bonchev–Trinajstić information content (AvgIpc) is 2.60. The van der Waals surface area contributed by atoms with Crippen molar-refractivity contribution >= 4 is 5.91 Å². The minimum Gasteiger partial charge on any atom is -0.351 e. The molecule has 0 aromatic carbocycles. The Kier molecular flexibility index (Phi) is 1.69. The molecule has 3 nitrogen and oxygen atoms in total. The van der Waals surface area contributed by atoms with E-state index in [0.717, 1.165) is 19.4 Å². The van der Waals surface area contributed by atoms with E-state index in [1.54, 1.807) is 0 Å². The van der Waals surface area contributed by atoms with Crippen LogP contribution in [0, 0.1) is 11.8 Å². The number of fused-ring (bicyclic) bond motifs is 1. The predicted molar refractivity (Wildman–Crippen MR) is 53.8 cm³/mol. The lowest BCUT2D eigenvalue weighted by molar-refractivity contribution is -0.132. The van der Waals surface area contributed by atoms with Crippen LogP contribution in [0.1, 0.15) is 32.6 Å². The normalized spacial score (nSPS) is 42.5. The number of amides is 1. The zero-order valence-electron chi connectivity index (χ0n) is 8.68. The van der Waals surface area contributed by atoms with Crippen molar-refractivity contribution in [1.82, 2.24) is 10.6 Å². The number of rotatable bonds is 2. The molecule has 2 saturated carbocycles. The number of hydrogen-bond acceptors (Lipinski definition) is 2. The van der Waals surface area contributed by atoms with E-state index in [4.69, 9.17) is 0 Å². The predicted octanol–water partition coefficient (Wildman–Crippen LogP) is 0.653. The summed E-state index contributed by atoms with van der Waals surface area (Å²) in [5.74, 6) is 1.22. The quantitative estimate of drug-likeness (QED) is 0.678. The van der Waals surface area contributed by atoms with Crippen molar-refractivity contribution in [3.63, 3.8) is 0 Å². The standard InChI is InChI=1S/C11H18N2O/c1-11(3-2-4-11)13-10(14)9-7-5-8(9)12-6-7/h7-9,12H,2-6H2,1H3,(H,13,14). The Labute approximate surface area is 84.6 Å². The maximum absolute atomic E-state index is 11.9. The summed E-state index contributed by atoms with van der Waals surface area (Å²) in [5.41, 5.74) is 0.131. The first-order chi connectivity index (χ1) is 6.68. The van der Waals surface area contributed by atoms with E-state index < -0.39 is 0 Å². The minimum absolute atomic E-state index is 0.131. The van der Waals surface area contributed by atoms with Gasteiger partial charge in [0, 0.05) is 11.6 Å². The summed E-state index contributed by atoms with van der Waals surface area (Å²) in [5, 5.41) is 6.60. The highest BCUT2D eigenvalue weighted by Crippen LogP contribution is 2.41. The Balaban J connectivity index is 1.61. The molecule has 2 heterocycles. The molecular weight excluding hydrogens is 176 g/mol. The van der Waals surface area contributed by atoms with Gasteiger partial charge in [-0.15, -0.1) is 0 Å². The fourth-order valence-corrected chi connectivity index (χ4v) is 3.09. The van der Waals surface area contributed by atoms with Crippen LogP contribution in [0.15, 0.2) is 0 Å². The first-order valence-electron chi connectivity index (χ1n) is 5.73. The second-order valence-corrected chi connectivity index (χ2v) is 5.44. The van der Waals surface area contributed by atoms with Crippen molar-refractivity contribution < 1.29 is 4.79 Å². The van der Waals surface area contributed by atoms with Crippen LogP contribution >= 0.6 is 0 Å². The molecular formula is C11H18N2O. The summed E-state index contributed by atoms with van der Waals surface area (Å²) in [6, 6.07) is 0.490. The fraction of sp³-hybridized carbons (Fsp3) is 0.909. The van der Waals surface area contributed by atoms with Gasteiger partial charge in [-0.2, -0.15) is 0 Å². The molecule has 0 aromatic heterocycles. The molecule has 0 spiro atoms. The molecule has 4 rings (SSSR count). The maximum atomic E-state index is 11.9. The maximum Gasteiger partial charge on any atom is 0.225 e. The van der Waals surface area contributed by atoms with Gasteiger partial charge in [0.15, 0.2) is 0 Å². The van der Waals surface area contributed by atoms with Gasteiger partial charge in [-0.3, -0.25) is 4.79 Å². The van der Waals surface area contributed by atoms with E-state index in [1.165, 1.54) is 12.8 Å². The van der Waals surface area contributed by atoms with E-state index >= 15 is 0 Å². The molecule has 3 atom stereocenters. The molecule has 2 aliphatic heterocycles. The van der Waals surface area contributed by atoms with Crippen molar-refractivity contribution in [2.45, 2.75) is 44.2 Å². The highest BCUT2D eigenvalue weighted by atomic mass is 16.2. The lowest BCUT2D eigenvalue weighted by Gasteiger charge is -2.42. The Hall–Kier alpha value is -0.570. The van der Waals surface area contributed by atoms with E-state index in [2.05, 4.69) is 17.6 Å². The average molecular weight is 194 g/mol. The van der Waals surface area contributed by atoms with Crippen molar-refractivity contribution in [2.75, 3.05) is 6.54 Å². The monoisotopic (exact) mass is 194 g/mol. The van der Waals surface area contributed by atoms with Crippen molar-refractivity contribution in [2.24, 2.45) is 11.8 Å². The van der Waals surface area contributed by atoms with E-state index in [-0.39, 0.29) is 11.5 Å².